The largest absolute Gasteiger partial charge is 0.0616 e. The highest BCUT2D eigenvalue weighted by Gasteiger charge is 2.31. The van der Waals surface area contributed by atoms with Gasteiger partial charge in [-0.05, 0) is 126 Å². The van der Waals surface area contributed by atoms with Gasteiger partial charge in [-0.15, -0.1) is 0 Å². The first-order chi connectivity index (χ1) is 34.9. The minimum Gasteiger partial charge on any atom is -0.0616 e. The van der Waals surface area contributed by atoms with Crippen molar-refractivity contribution >= 4 is 22.3 Å². The number of aryl methyl sites for hydroxylation is 8. The molecule has 0 N–H and O–H groups in total. The van der Waals surface area contributed by atoms with E-state index in [9.17, 15) is 0 Å². The van der Waals surface area contributed by atoms with E-state index < -0.39 is 0 Å². The Labute approximate surface area is 428 Å². The van der Waals surface area contributed by atoms with Crippen molar-refractivity contribution in [1.82, 2.24) is 0 Å². The summed E-state index contributed by atoms with van der Waals surface area (Å²) < 4.78 is 0. The van der Waals surface area contributed by atoms with Gasteiger partial charge in [0.2, 0.25) is 0 Å². The maximum Gasteiger partial charge on any atom is 0.0503 e. The number of hydrogen-bond donors (Lipinski definition) is 0. The molecular formula is C72H56. The van der Waals surface area contributed by atoms with Gasteiger partial charge in [-0.25, -0.2) is 0 Å². The normalized spacial score (nSPS) is 16.3. The van der Waals surface area contributed by atoms with Crippen molar-refractivity contribution < 1.29 is 0 Å². The van der Waals surface area contributed by atoms with Gasteiger partial charge in [-0.1, -0.05) is 237 Å². The van der Waals surface area contributed by atoms with E-state index in [0.29, 0.717) is 0 Å². The number of benzene rings is 8. The molecule has 0 fully saturated rings. The summed E-state index contributed by atoms with van der Waals surface area (Å²) >= 11 is 0. The van der Waals surface area contributed by atoms with Crippen LogP contribution in [-0.2, 0) is 0 Å². The fourth-order valence-corrected chi connectivity index (χ4v) is 8.62. The van der Waals surface area contributed by atoms with Crippen molar-refractivity contribution in [2.24, 2.45) is 0 Å². The second-order valence-corrected chi connectivity index (χ2v) is 18.9. The maximum atomic E-state index is 3.92. The van der Waals surface area contributed by atoms with Crippen LogP contribution in [0.4, 0.5) is 0 Å². The van der Waals surface area contributed by atoms with Gasteiger partial charge in [-0.2, -0.15) is 0 Å². The van der Waals surface area contributed by atoms with Crippen LogP contribution in [0, 0.1) is 103 Å². The third-order valence-electron chi connectivity index (χ3n) is 12.9. The van der Waals surface area contributed by atoms with E-state index in [-0.39, 0.29) is 0 Å². The van der Waals surface area contributed by atoms with Crippen molar-refractivity contribution in [2.45, 2.75) is 55.4 Å². The molecule has 0 aromatic heterocycles. The van der Waals surface area contributed by atoms with Crippen molar-refractivity contribution in [3.63, 3.8) is 0 Å². The molecule has 0 spiro atoms. The molecule has 1 aliphatic rings. The van der Waals surface area contributed by atoms with Gasteiger partial charge in [-0.3, -0.25) is 0 Å². The molecule has 0 radical (unpaired) electrons. The Bertz CT molecular complexity index is 3700. The molecule has 344 valence electrons. The fraction of sp³-hybridized carbons (Fsp3) is 0.111. The van der Waals surface area contributed by atoms with Crippen LogP contribution in [0.15, 0.2) is 216 Å². The van der Waals surface area contributed by atoms with E-state index in [2.05, 4.69) is 297 Å². The molecule has 8 aromatic rings. The highest BCUT2D eigenvalue weighted by Crippen LogP contribution is 2.48. The molecule has 0 amide bonds. The predicted octanol–water partition coefficient (Wildman–Crippen LogP) is 16.5. The van der Waals surface area contributed by atoms with Crippen LogP contribution in [-0.4, -0.2) is 0 Å². The van der Waals surface area contributed by atoms with Gasteiger partial charge in [0, 0.05) is 61.3 Å². The van der Waals surface area contributed by atoms with Crippen molar-refractivity contribution in [3.8, 4) is 47.4 Å². The summed E-state index contributed by atoms with van der Waals surface area (Å²) in [5.74, 6) is 30.3. The molecule has 72 heavy (non-hydrogen) atoms. The minimum atomic E-state index is 0.766. The Morgan fingerprint density at radius 2 is 0.333 bits per heavy atom. The quantitative estimate of drug-likeness (QED) is 0.154. The summed E-state index contributed by atoms with van der Waals surface area (Å²) in [6, 6.07) is 69.0. The molecule has 1 aliphatic carbocycles. The first-order valence-corrected chi connectivity index (χ1v) is 24.6. The third-order valence-corrected chi connectivity index (χ3v) is 12.9. The summed E-state index contributed by atoms with van der Waals surface area (Å²) in [7, 11) is 0. The Morgan fingerprint density at radius 1 is 0.167 bits per heavy atom. The maximum absolute atomic E-state index is 3.92. The van der Waals surface area contributed by atoms with Crippen LogP contribution in [0.3, 0.4) is 0 Å². The van der Waals surface area contributed by atoms with E-state index in [0.717, 1.165) is 111 Å². The molecule has 0 unspecified atom stereocenters. The second-order valence-electron chi connectivity index (χ2n) is 18.9. The lowest BCUT2D eigenvalue weighted by Crippen LogP contribution is -2.10. The SMILES string of the molecule is Cc1ccc(C#CC2=C(C#Cc3ccc(C)cc3)/C(c3ccc(C)cc3)=C(C#Cc3ccc(C)cc3)\C(c3ccc(C)cc3)=C(C#Cc3ccc(C)cc3)/C(c3ccc(C)cc3)=C\2c2ccc(C)cc2)cc1. The molecule has 0 atom stereocenters. The Hall–Kier alpha value is -9.04. The third kappa shape index (κ3) is 11.3. The van der Waals surface area contributed by atoms with Crippen LogP contribution < -0.4 is 0 Å². The second kappa shape index (κ2) is 21.7. The van der Waals surface area contributed by atoms with Gasteiger partial charge in [0.1, 0.15) is 0 Å². The van der Waals surface area contributed by atoms with Gasteiger partial charge in [0.05, 0.1) is 5.57 Å². The number of allylic oxidation sites excluding steroid dienone is 8. The van der Waals surface area contributed by atoms with Crippen LogP contribution >= 0.6 is 0 Å². The smallest absolute Gasteiger partial charge is 0.0503 e. The fourth-order valence-electron chi connectivity index (χ4n) is 8.62. The van der Waals surface area contributed by atoms with Crippen LogP contribution in [0.1, 0.15) is 89.0 Å². The lowest BCUT2D eigenvalue weighted by molar-refractivity contribution is 1.41. The summed E-state index contributed by atoms with van der Waals surface area (Å²) in [4.78, 5) is 0. The first kappa shape index (κ1) is 48.0. The monoisotopic (exact) mass is 920 g/mol. The summed E-state index contributed by atoms with van der Waals surface area (Å²) in [5.41, 5.74) is 23.7. The molecule has 8 aromatic carbocycles. The topological polar surface area (TPSA) is 0 Å². The Morgan fingerprint density at radius 3 is 0.597 bits per heavy atom. The molecule has 0 saturated carbocycles. The minimum absolute atomic E-state index is 0.766. The molecule has 0 heteroatoms. The molecule has 9 rings (SSSR count). The zero-order chi connectivity index (χ0) is 50.1. The van der Waals surface area contributed by atoms with Gasteiger partial charge in [0.15, 0.2) is 0 Å². The average molecular weight is 921 g/mol. The molecule has 0 saturated heterocycles. The van der Waals surface area contributed by atoms with Crippen molar-refractivity contribution in [1.29, 1.82) is 0 Å². The summed E-state index contributed by atoms with van der Waals surface area (Å²) in [6.07, 6.45) is 0. The van der Waals surface area contributed by atoms with E-state index in [1.807, 2.05) is 0 Å². The molecular weight excluding hydrogens is 865 g/mol. The number of rotatable bonds is 4. The van der Waals surface area contributed by atoms with E-state index in [1.165, 1.54) is 22.3 Å². The summed E-state index contributed by atoms with van der Waals surface area (Å²) in [6.45, 7) is 17.0. The van der Waals surface area contributed by atoms with Crippen molar-refractivity contribution in [2.75, 3.05) is 0 Å². The van der Waals surface area contributed by atoms with E-state index in [1.54, 1.807) is 0 Å². The van der Waals surface area contributed by atoms with E-state index >= 15 is 0 Å². The first-order valence-electron chi connectivity index (χ1n) is 24.6. The Kier molecular flexibility index (Phi) is 14.5. The van der Waals surface area contributed by atoms with E-state index in [4.69, 9.17) is 0 Å². The highest BCUT2D eigenvalue weighted by atomic mass is 14.3. The van der Waals surface area contributed by atoms with Crippen LogP contribution in [0.2, 0.25) is 0 Å². The van der Waals surface area contributed by atoms with Gasteiger partial charge < -0.3 is 0 Å². The molecule has 0 nitrogen and oxygen atoms in total. The van der Waals surface area contributed by atoms with Gasteiger partial charge >= 0.3 is 0 Å². The molecule has 0 bridgehead atoms. The number of hydrogen-bond acceptors (Lipinski definition) is 0. The van der Waals surface area contributed by atoms with Crippen LogP contribution in [0.5, 0.6) is 0 Å². The Balaban J connectivity index is 1.61. The molecule has 0 heterocycles. The average Bonchev–Trinajstić information content (AvgIpc) is 3.38. The van der Waals surface area contributed by atoms with Gasteiger partial charge in [0.25, 0.3) is 0 Å². The standard InChI is InChI=1S/C72H56/c1-49-9-25-57(26-10-49)33-45-65-66(46-34-58-27-11-50(2)12-28-58)71(63-41-21-55(7)22-42-63)72(64-43-23-56(8)24-44-64)68(48-36-60-31-15-52(4)16-32-60)70(62-39-19-54(6)20-40-62)67(47-35-59-29-13-51(3)14-30-59)69(65)61-37-17-53(5)18-38-61/h9-32,37-44H,1-8H3/b66-65-,69-65?,69-67-,70-67?,70-68-,71-66?,72-68?,72-71-. The lowest BCUT2D eigenvalue weighted by atomic mass is 9.74. The molecule has 0 aliphatic heterocycles. The lowest BCUT2D eigenvalue weighted by Gasteiger charge is -2.27. The van der Waals surface area contributed by atoms with Crippen molar-refractivity contribution in [3.05, 3.63) is 305 Å². The predicted molar refractivity (Wildman–Crippen MR) is 305 cm³/mol. The van der Waals surface area contributed by atoms with Crippen LogP contribution in [0.25, 0.3) is 22.3 Å². The highest BCUT2D eigenvalue weighted by molar-refractivity contribution is 6.18. The zero-order valence-corrected chi connectivity index (χ0v) is 42.5. The zero-order valence-electron chi connectivity index (χ0n) is 42.5. The summed E-state index contributed by atoms with van der Waals surface area (Å²) in [5, 5.41) is 0.